The van der Waals surface area contributed by atoms with Crippen LogP contribution in [0.5, 0.6) is 0 Å². The number of urea groups is 1. The summed E-state index contributed by atoms with van der Waals surface area (Å²) >= 11 is 0. The highest BCUT2D eigenvalue weighted by Crippen LogP contribution is 2.17. The van der Waals surface area contributed by atoms with Crippen LogP contribution in [0.3, 0.4) is 0 Å². The first-order chi connectivity index (χ1) is 9.56. The van der Waals surface area contributed by atoms with Gasteiger partial charge in [-0.25, -0.2) is 13.6 Å². The summed E-state index contributed by atoms with van der Waals surface area (Å²) in [5.74, 6) is -1.63. The summed E-state index contributed by atoms with van der Waals surface area (Å²) in [4.78, 5) is 11.7. The van der Waals surface area contributed by atoms with Crippen molar-refractivity contribution in [2.75, 3.05) is 5.32 Å². The molecule has 20 heavy (non-hydrogen) atoms. The minimum absolute atomic E-state index is 0.206. The van der Waals surface area contributed by atoms with Crippen LogP contribution in [0.4, 0.5) is 19.3 Å². The standard InChI is InChI=1S/C14H14F2N2O2/c1-9(7-10-5-6-20-8-10)17-14(19)18-13-11(15)3-2-4-12(13)16/h2-6,8-9H,7H2,1H3,(H2,17,18,19). The Morgan fingerprint density at radius 2 is 2.00 bits per heavy atom. The first-order valence-corrected chi connectivity index (χ1v) is 6.09. The Labute approximate surface area is 114 Å². The number of carbonyl (C=O) groups is 1. The summed E-state index contributed by atoms with van der Waals surface area (Å²) < 4.78 is 31.6. The topological polar surface area (TPSA) is 54.3 Å². The van der Waals surface area contributed by atoms with Crippen LogP contribution in [0.25, 0.3) is 0 Å². The molecule has 1 aromatic carbocycles. The first kappa shape index (κ1) is 14.0. The summed E-state index contributed by atoms with van der Waals surface area (Å²) in [7, 11) is 0. The van der Waals surface area contributed by atoms with Gasteiger partial charge in [0.15, 0.2) is 0 Å². The number of hydrogen-bond acceptors (Lipinski definition) is 2. The normalized spacial score (nSPS) is 11.9. The van der Waals surface area contributed by atoms with Gasteiger partial charge in [-0.1, -0.05) is 6.07 Å². The van der Waals surface area contributed by atoms with E-state index in [4.69, 9.17) is 4.42 Å². The molecule has 0 radical (unpaired) electrons. The van der Waals surface area contributed by atoms with Crippen molar-refractivity contribution < 1.29 is 18.0 Å². The number of benzene rings is 1. The zero-order valence-electron chi connectivity index (χ0n) is 10.8. The molecule has 0 bridgehead atoms. The van der Waals surface area contributed by atoms with Crippen LogP contribution in [-0.2, 0) is 6.42 Å². The summed E-state index contributed by atoms with van der Waals surface area (Å²) in [5, 5.41) is 4.76. The third-order valence-corrected chi connectivity index (χ3v) is 2.70. The number of nitrogens with one attached hydrogen (secondary N) is 2. The molecular weight excluding hydrogens is 266 g/mol. The van der Waals surface area contributed by atoms with E-state index in [2.05, 4.69) is 10.6 Å². The van der Waals surface area contributed by atoms with Gasteiger partial charge in [0.05, 0.1) is 12.5 Å². The fourth-order valence-electron chi connectivity index (χ4n) is 1.80. The van der Waals surface area contributed by atoms with E-state index in [0.717, 1.165) is 17.7 Å². The molecule has 0 saturated heterocycles. The van der Waals surface area contributed by atoms with Gasteiger partial charge in [-0.2, -0.15) is 0 Å². The Morgan fingerprint density at radius 3 is 2.60 bits per heavy atom. The van der Waals surface area contributed by atoms with Gasteiger partial charge in [0.1, 0.15) is 17.3 Å². The molecular formula is C14H14F2N2O2. The number of rotatable bonds is 4. The number of hydrogen-bond donors (Lipinski definition) is 2. The SMILES string of the molecule is CC(Cc1ccoc1)NC(=O)Nc1c(F)cccc1F. The molecule has 2 aromatic rings. The van der Waals surface area contributed by atoms with Gasteiger partial charge in [0, 0.05) is 6.04 Å². The van der Waals surface area contributed by atoms with Crippen molar-refractivity contribution in [2.24, 2.45) is 0 Å². The van der Waals surface area contributed by atoms with Crippen LogP contribution < -0.4 is 10.6 Å². The van der Waals surface area contributed by atoms with Gasteiger partial charge in [0.25, 0.3) is 0 Å². The molecule has 2 amide bonds. The Hall–Kier alpha value is -2.37. The molecule has 1 atom stereocenters. The third kappa shape index (κ3) is 3.57. The number of furan rings is 1. The van der Waals surface area contributed by atoms with Crippen LogP contribution >= 0.6 is 0 Å². The molecule has 6 heteroatoms. The van der Waals surface area contributed by atoms with Gasteiger partial charge in [-0.05, 0) is 37.1 Å². The largest absolute Gasteiger partial charge is 0.472 e. The highest BCUT2D eigenvalue weighted by Gasteiger charge is 2.13. The molecule has 4 nitrogen and oxygen atoms in total. The van der Waals surface area contributed by atoms with Gasteiger partial charge in [-0.15, -0.1) is 0 Å². The van der Waals surface area contributed by atoms with Crippen LogP contribution in [-0.4, -0.2) is 12.1 Å². The van der Waals surface area contributed by atoms with Gasteiger partial charge < -0.3 is 15.1 Å². The van der Waals surface area contributed by atoms with Crippen molar-refractivity contribution in [3.8, 4) is 0 Å². The van der Waals surface area contributed by atoms with E-state index in [1.807, 2.05) is 0 Å². The number of anilines is 1. The van der Waals surface area contributed by atoms with Gasteiger partial charge in [-0.3, -0.25) is 0 Å². The van der Waals surface area contributed by atoms with Gasteiger partial charge >= 0.3 is 6.03 Å². The number of para-hydroxylation sites is 1. The van der Waals surface area contributed by atoms with Crippen molar-refractivity contribution in [3.63, 3.8) is 0 Å². The zero-order chi connectivity index (χ0) is 14.5. The lowest BCUT2D eigenvalue weighted by molar-refractivity contribution is 0.249. The summed E-state index contributed by atoms with van der Waals surface area (Å²) in [6, 6.07) is 4.30. The number of carbonyl (C=O) groups excluding carboxylic acids is 1. The number of amides is 2. The molecule has 0 saturated carbocycles. The summed E-state index contributed by atoms with van der Waals surface area (Å²) in [6.45, 7) is 1.78. The maximum atomic E-state index is 13.4. The molecule has 1 unspecified atom stereocenters. The molecule has 0 aliphatic heterocycles. The second kappa shape index (κ2) is 6.18. The average Bonchev–Trinajstić information content (AvgIpc) is 2.86. The van der Waals surface area contributed by atoms with Crippen LogP contribution in [0.2, 0.25) is 0 Å². The Kier molecular flexibility index (Phi) is 4.34. The average molecular weight is 280 g/mol. The monoisotopic (exact) mass is 280 g/mol. The summed E-state index contributed by atoms with van der Waals surface area (Å²) in [5.41, 5.74) is 0.468. The van der Waals surface area contributed by atoms with Crippen LogP contribution in [0.1, 0.15) is 12.5 Å². The van der Waals surface area contributed by atoms with Crippen LogP contribution in [0, 0.1) is 11.6 Å². The molecule has 2 rings (SSSR count). The van der Waals surface area contributed by atoms with E-state index in [0.29, 0.717) is 6.42 Å². The lowest BCUT2D eigenvalue weighted by Crippen LogP contribution is -2.37. The molecule has 0 aliphatic carbocycles. The predicted octanol–water partition coefficient (Wildman–Crippen LogP) is 3.31. The van der Waals surface area contributed by atoms with E-state index in [9.17, 15) is 13.6 Å². The molecule has 2 N–H and O–H groups in total. The molecule has 1 aromatic heterocycles. The van der Waals surface area contributed by atoms with E-state index in [-0.39, 0.29) is 6.04 Å². The highest BCUT2D eigenvalue weighted by molar-refractivity contribution is 5.89. The van der Waals surface area contributed by atoms with E-state index < -0.39 is 23.4 Å². The maximum absolute atomic E-state index is 13.4. The van der Waals surface area contributed by atoms with Crippen molar-refractivity contribution in [3.05, 3.63) is 54.0 Å². The minimum atomic E-state index is -0.817. The quantitative estimate of drug-likeness (QED) is 0.902. The van der Waals surface area contributed by atoms with Crippen LogP contribution in [0.15, 0.2) is 41.2 Å². The van der Waals surface area contributed by atoms with Crippen molar-refractivity contribution in [2.45, 2.75) is 19.4 Å². The minimum Gasteiger partial charge on any atom is -0.472 e. The smallest absolute Gasteiger partial charge is 0.319 e. The summed E-state index contributed by atoms with van der Waals surface area (Å²) in [6.07, 6.45) is 3.67. The highest BCUT2D eigenvalue weighted by atomic mass is 19.1. The predicted molar refractivity (Wildman–Crippen MR) is 70.4 cm³/mol. The van der Waals surface area contributed by atoms with Gasteiger partial charge in [0.2, 0.25) is 0 Å². The van der Waals surface area contributed by atoms with E-state index in [1.54, 1.807) is 19.3 Å². The number of halogens is 2. The molecule has 1 heterocycles. The zero-order valence-corrected chi connectivity index (χ0v) is 10.8. The van der Waals surface area contributed by atoms with E-state index in [1.165, 1.54) is 12.3 Å². The molecule has 0 aliphatic rings. The van der Waals surface area contributed by atoms with Crippen molar-refractivity contribution >= 4 is 11.7 Å². The molecule has 0 spiro atoms. The molecule has 0 fully saturated rings. The second-order valence-electron chi connectivity index (χ2n) is 4.43. The third-order valence-electron chi connectivity index (χ3n) is 2.70. The van der Waals surface area contributed by atoms with E-state index >= 15 is 0 Å². The first-order valence-electron chi connectivity index (χ1n) is 6.09. The van der Waals surface area contributed by atoms with Crippen molar-refractivity contribution in [1.82, 2.24) is 5.32 Å². The fourth-order valence-corrected chi connectivity index (χ4v) is 1.80. The van der Waals surface area contributed by atoms with Crippen molar-refractivity contribution in [1.29, 1.82) is 0 Å². The molecule has 106 valence electrons. The Morgan fingerprint density at radius 1 is 1.30 bits per heavy atom. The second-order valence-corrected chi connectivity index (χ2v) is 4.43. The fraction of sp³-hybridized carbons (Fsp3) is 0.214. The Balaban J connectivity index is 1.92. The Bertz CT molecular complexity index is 565. The maximum Gasteiger partial charge on any atom is 0.319 e. The lowest BCUT2D eigenvalue weighted by Gasteiger charge is -2.14. The lowest BCUT2D eigenvalue weighted by atomic mass is 10.1.